The summed E-state index contributed by atoms with van der Waals surface area (Å²) >= 11 is 0. The molecule has 0 aliphatic heterocycles. The van der Waals surface area contributed by atoms with E-state index in [2.05, 4.69) is 0 Å². The van der Waals surface area contributed by atoms with Crippen molar-refractivity contribution in [3.63, 3.8) is 0 Å². The van der Waals surface area contributed by atoms with Crippen LogP contribution in [0, 0.1) is 10.1 Å². The molecule has 6 heteroatoms. The number of rotatable bonds is 7. The van der Waals surface area contributed by atoms with Crippen molar-refractivity contribution in [1.82, 2.24) is 0 Å². The normalized spacial score (nSPS) is 9.95. The second kappa shape index (κ2) is 7.14. The van der Waals surface area contributed by atoms with E-state index in [1.54, 1.807) is 37.4 Å². The summed E-state index contributed by atoms with van der Waals surface area (Å²) in [7, 11) is 1.56. The highest BCUT2D eigenvalue weighted by Gasteiger charge is 2.13. The lowest BCUT2D eigenvalue weighted by molar-refractivity contribution is -0.385. The van der Waals surface area contributed by atoms with Crippen molar-refractivity contribution in [3.8, 4) is 17.2 Å². The van der Waals surface area contributed by atoms with E-state index in [9.17, 15) is 10.1 Å². The molecule has 0 bridgehead atoms. The standard InChI is InChI=1S/C15H15NO5/c1-19-14-8-4-5-9-15(14)21-11-10-20-13-7-3-2-6-12(13)16(17)18/h2-9H,10-11H2,1H3. The molecular formula is C15H15NO5. The molecule has 0 aliphatic carbocycles. The molecule has 21 heavy (non-hydrogen) atoms. The van der Waals surface area contributed by atoms with Gasteiger partial charge in [0.05, 0.1) is 12.0 Å². The van der Waals surface area contributed by atoms with E-state index >= 15 is 0 Å². The summed E-state index contributed by atoms with van der Waals surface area (Å²) in [5, 5.41) is 10.8. The fourth-order valence-corrected chi connectivity index (χ4v) is 1.77. The molecular weight excluding hydrogens is 274 g/mol. The number of ether oxygens (including phenoxy) is 3. The molecule has 2 aromatic rings. The molecule has 0 N–H and O–H groups in total. The van der Waals surface area contributed by atoms with Gasteiger partial charge in [0.15, 0.2) is 17.2 Å². The molecule has 0 atom stereocenters. The molecule has 0 heterocycles. The molecule has 0 unspecified atom stereocenters. The van der Waals surface area contributed by atoms with E-state index in [-0.39, 0.29) is 24.7 Å². The third-order valence-electron chi connectivity index (χ3n) is 2.73. The molecule has 0 radical (unpaired) electrons. The van der Waals surface area contributed by atoms with Crippen LogP contribution in [0.5, 0.6) is 17.2 Å². The van der Waals surface area contributed by atoms with Gasteiger partial charge in [-0.2, -0.15) is 0 Å². The zero-order valence-electron chi connectivity index (χ0n) is 11.5. The van der Waals surface area contributed by atoms with Gasteiger partial charge in [-0.25, -0.2) is 0 Å². The van der Waals surface area contributed by atoms with Gasteiger partial charge in [-0.1, -0.05) is 24.3 Å². The van der Waals surface area contributed by atoms with Crippen LogP contribution in [0.25, 0.3) is 0 Å². The lowest BCUT2D eigenvalue weighted by Gasteiger charge is -2.11. The Morgan fingerprint density at radius 3 is 2.05 bits per heavy atom. The van der Waals surface area contributed by atoms with Gasteiger partial charge in [0.2, 0.25) is 0 Å². The summed E-state index contributed by atoms with van der Waals surface area (Å²) in [4.78, 5) is 10.4. The molecule has 0 saturated heterocycles. The van der Waals surface area contributed by atoms with Gasteiger partial charge < -0.3 is 14.2 Å². The zero-order chi connectivity index (χ0) is 15.1. The van der Waals surface area contributed by atoms with Crippen molar-refractivity contribution in [2.45, 2.75) is 0 Å². The van der Waals surface area contributed by atoms with Gasteiger partial charge in [-0.05, 0) is 18.2 Å². The number of hydrogen-bond acceptors (Lipinski definition) is 5. The smallest absolute Gasteiger partial charge is 0.310 e. The maximum absolute atomic E-state index is 10.8. The van der Waals surface area contributed by atoms with Crippen LogP contribution < -0.4 is 14.2 Å². The Morgan fingerprint density at radius 1 is 0.905 bits per heavy atom. The Balaban J connectivity index is 1.89. The minimum absolute atomic E-state index is 0.0604. The molecule has 0 spiro atoms. The van der Waals surface area contributed by atoms with Crippen LogP contribution in [0.15, 0.2) is 48.5 Å². The quantitative estimate of drug-likeness (QED) is 0.445. The Hall–Kier alpha value is -2.76. The van der Waals surface area contributed by atoms with Crippen molar-refractivity contribution in [3.05, 3.63) is 58.6 Å². The first-order chi connectivity index (χ1) is 10.2. The van der Waals surface area contributed by atoms with E-state index in [1.165, 1.54) is 6.07 Å². The monoisotopic (exact) mass is 289 g/mol. The van der Waals surface area contributed by atoms with Gasteiger partial charge >= 0.3 is 5.69 Å². The fraction of sp³-hybridized carbons (Fsp3) is 0.200. The number of nitrogens with zero attached hydrogens (tertiary/aromatic N) is 1. The van der Waals surface area contributed by atoms with Gasteiger partial charge in [-0.3, -0.25) is 10.1 Å². The molecule has 0 amide bonds. The molecule has 2 rings (SSSR count). The minimum atomic E-state index is -0.476. The molecule has 0 fully saturated rings. The van der Waals surface area contributed by atoms with E-state index in [1.807, 2.05) is 12.1 Å². The summed E-state index contributed by atoms with van der Waals surface area (Å²) in [6.07, 6.45) is 0. The molecule has 110 valence electrons. The predicted molar refractivity (Wildman–Crippen MR) is 77.1 cm³/mol. The Morgan fingerprint density at radius 2 is 1.43 bits per heavy atom. The molecule has 2 aromatic carbocycles. The number of nitro benzene ring substituents is 1. The first kappa shape index (κ1) is 14.6. The molecule has 0 saturated carbocycles. The van der Waals surface area contributed by atoms with Gasteiger partial charge in [0.1, 0.15) is 13.2 Å². The average Bonchev–Trinajstić information content (AvgIpc) is 2.52. The van der Waals surface area contributed by atoms with Crippen LogP contribution >= 0.6 is 0 Å². The number of nitro groups is 1. The molecule has 0 aromatic heterocycles. The second-order valence-corrected chi connectivity index (χ2v) is 4.07. The van der Waals surface area contributed by atoms with E-state index in [0.717, 1.165) is 0 Å². The predicted octanol–water partition coefficient (Wildman–Crippen LogP) is 3.06. The van der Waals surface area contributed by atoms with Gasteiger partial charge in [0.25, 0.3) is 0 Å². The third-order valence-corrected chi connectivity index (χ3v) is 2.73. The Bertz CT molecular complexity index is 615. The third kappa shape index (κ3) is 3.85. The highest BCUT2D eigenvalue weighted by molar-refractivity contribution is 5.45. The second-order valence-electron chi connectivity index (χ2n) is 4.07. The topological polar surface area (TPSA) is 70.8 Å². The van der Waals surface area contributed by atoms with Crippen molar-refractivity contribution < 1.29 is 19.1 Å². The van der Waals surface area contributed by atoms with Gasteiger partial charge in [-0.15, -0.1) is 0 Å². The summed E-state index contributed by atoms with van der Waals surface area (Å²) < 4.78 is 16.1. The molecule has 0 aliphatic rings. The van der Waals surface area contributed by atoms with Crippen molar-refractivity contribution in [2.75, 3.05) is 20.3 Å². The SMILES string of the molecule is COc1ccccc1OCCOc1ccccc1[N+](=O)[O-]. The van der Waals surface area contributed by atoms with Crippen LogP contribution in [-0.4, -0.2) is 25.2 Å². The minimum Gasteiger partial charge on any atom is -0.493 e. The largest absolute Gasteiger partial charge is 0.493 e. The lowest BCUT2D eigenvalue weighted by Crippen LogP contribution is -2.10. The number of para-hydroxylation sites is 4. The first-order valence-corrected chi connectivity index (χ1v) is 6.34. The fourth-order valence-electron chi connectivity index (χ4n) is 1.77. The molecule has 6 nitrogen and oxygen atoms in total. The van der Waals surface area contributed by atoms with Crippen molar-refractivity contribution in [1.29, 1.82) is 0 Å². The number of methoxy groups -OCH3 is 1. The van der Waals surface area contributed by atoms with E-state index in [4.69, 9.17) is 14.2 Å². The summed E-state index contributed by atoms with van der Waals surface area (Å²) in [6, 6.07) is 13.5. The van der Waals surface area contributed by atoms with E-state index < -0.39 is 4.92 Å². The van der Waals surface area contributed by atoms with Crippen LogP contribution in [0.1, 0.15) is 0 Å². The lowest BCUT2D eigenvalue weighted by atomic mass is 10.3. The maximum Gasteiger partial charge on any atom is 0.310 e. The van der Waals surface area contributed by atoms with Crippen LogP contribution in [0.4, 0.5) is 5.69 Å². The summed E-state index contributed by atoms with van der Waals surface area (Å²) in [5.41, 5.74) is -0.0604. The summed E-state index contributed by atoms with van der Waals surface area (Å²) in [6.45, 7) is 0.454. The Labute approximate surface area is 122 Å². The highest BCUT2D eigenvalue weighted by Crippen LogP contribution is 2.27. The summed E-state index contributed by atoms with van der Waals surface area (Å²) in [5.74, 6) is 1.46. The number of benzene rings is 2. The zero-order valence-corrected chi connectivity index (χ0v) is 11.5. The average molecular weight is 289 g/mol. The number of hydrogen-bond donors (Lipinski definition) is 0. The van der Waals surface area contributed by atoms with Crippen LogP contribution in [-0.2, 0) is 0 Å². The van der Waals surface area contributed by atoms with Crippen LogP contribution in [0.2, 0.25) is 0 Å². The van der Waals surface area contributed by atoms with Crippen LogP contribution in [0.3, 0.4) is 0 Å². The van der Waals surface area contributed by atoms with Crippen molar-refractivity contribution >= 4 is 5.69 Å². The van der Waals surface area contributed by atoms with Crippen molar-refractivity contribution in [2.24, 2.45) is 0 Å². The highest BCUT2D eigenvalue weighted by atomic mass is 16.6. The van der Waals surface area contributed by atoms with Gasteiger partial charge in [0, 0.05) is 6.07 Å². The first-order valence-electron chi connectivity index (χ1n) is 6.34. The van der Waals surface area contributed by atoms with E-state index in [0.29, 0.717) is 11.5 Å². The Kier molecular flexibility index (Phi) is 4.98. The maximum atomic E-state index is 10.8.